The van der Waals surface area contributed by atoms with Crippen molar-refractivity contribution in [1.29, 1.82) is 0 Å². The first kappa shape index (κ1) is 27.5. The average molecular weight is 447 g/mol. The number of nitrogens with two attached hydrogens (primary N) is 3. The number of aliphatic imine (C=N–C) groups is 1. The highest BCUT2D eigenvalue weighted by atomic mass is 16.4. The zero-order valence-electron chi connectivity index (χ0n) is 16.9. The summed E-state index contributed by atoms with van der Waals surface area (Å²) in [5, 5.41) is 33.8. The molecule has 0 aliphatic heterocycles. The topological polar surface area (TPSA) is 273 Å². The minimum Gasteiger partial charge on any atom is -0.481 e. The van der Waals surface area contributed by atoms with E-state index >= 15 is 0 Å². The van der Waals surface area contributed by atoms with Gasteiger partial charge < -0.3 is 48.5 Å². The predicted octanol–water partition coefficient (Wildman–Crippen LogP) is -4.61. The number of carbonyl (C=O) groups excluding carboxylic acids is 3. The molecule has 0 saturated carbocycles. The zero-order chi connectivity index (χ0) is 24.1. The van der Waals surface area contributed by atoms with E-state index in [-0.39, 0.29) is 25.3 Å². The van der Waals surface area contributed by atoms with Gasteiger partial charge in [-0.25, -0.2) is 4.79 Å². The largest absolute Gasteiger partial charge is 0.481 e. The number of carboxylic acids is 2. The molecule has 0 saturated heterocycles. The van der Waals surface area contributed by atoms with Crippen LogP contribution in [0.3, 0.4) is 0 Å². The van der Waals surface area contributed by atoms with Crippen LogP contribution in [0.15, 0.2) is 4.99 Å². The third-order valence-electron chi connectivity index (χ3n) is 3.84. The maximum Gasteiger partial charge on any atom is 0.326 e. The second-order valence-electron chi connectivity index (χ2n) is 6.55. The molecule has 0 aromatic heterocycles. The Kier molecular flexibility index (Phi) is 12.2. The molecule has 0 aliphatic carbocycles. The molecule has 0 aliphatic rings. The number of aliphatic carboxylic acids is 2. The molecular formula is C16H29N7O8. The molecule has 15 heteroatoms. The number of guanidine groups is 1. The molecule has 0 bridgehead atoms. The van der Waals surface area contributed by atoms with Gasteiger partial charge in [-0.2, -0.15) is 0 Å². The Morgan fingerprint density at radius 1 is 1.00 bits per heavy atom. The Bertz CT molecular complexity index is 693. The van der Waals surface area contributed by atoms with E-state index in [0.717, 1.165) is 0 Å². The first-order chi connectivity index (χ1) is 14.3. The molecule has 176 valence electrons. The van der Waals surface area contributed by atoms with Crippen molar-refractivity contribution in [3.63, 3.8) is 0 Å². The molecule has 4 unspecified atom stereocenters. The van der Waals surface area contributed by atoms with Gasteiger partial charge in [0.05, 0.1) is 19.1 Å². The number of hydrogen-bond acceptors (Lipinski definition) is 8. The van der Waals surface area contributed by atoms with E-state index in [9.17, 15) is 34.2 Å². The highest BCUT2D eigenvalue weighted by Crippen LogP contribution is 2.01. The van der Waals surface area contributed by atoms with Gasteiger partial charge in [-0.05, 0) is 19.8 Å². The molecule has 0 heterocycles. The zero-order valence-corrected chi connectivity index (χ0v) is 16.9. The van der Waals surface area contributed by atoms with Crippen LogP contribution in [-0.2, 0) is 24.0 Å². The van der Waals surface area contributed by atoms with Crippen LogP contribution in [0.2, 0.25) is 0 Å². The minimum absolute atomic E-state index is 0.0567. The fourth-order valence-electron chi connectivity index (χ4n) is 2.17. The van der Waals surface area contributed by atoms with E-state index < -0.39 is 66.9 Å². The van der Waals surface area contributed by atoms with Gasteiger partial charge in [0.25, 0.3) is 0 Å². The Labute approximate surface area is 177 Å². The van der Waals surface area contributed by atoms with Gasteiger partial charge in [0, 0.05) is 6.54 Å². The first-order valence-electron chi connectivity index (χ1n) is 9.16. The first-order valence-corrected chi connectivity index (χ1v) is 9.16. The molecule has 0 rings (SSSR count). The van der Waals surface area contributed by atoms with E-state index in [4.69, 9.17) is 22.3 Å². The number of nitrogens with zero attached hydrogens (tertiary/aromatic N) is 1. The third kappa shape index (κ3) is 12.0. The molecule has 0 spiro atoms. The smallest absolute Gasteiger partial charge is 0.326 e. The average Bonchev–Trinajstić information content (AvgIpc) is 2.66. The van der Waals surface area contributed by atoms with E-state index in [2.05, 4.69) is 20.9 Å². The number of amides is 3. The van der Waals surface area contributed by atoms with Gasteiger partial charge in [-0.15, -0.1) is 0 Å². The maximum absolute atomic E-state index is 12.3. The van der Waals surface area contributed by atoms with E-state index in [0.29, 0.717) is 0 Å². The Morgan fingerprint density at radius 2 is 1.61 bits per heavy atom. The molecular weight excluding hydrogens is 418 g/mol. The van der Waals surface area contributed by atoms with Gasteiger partial charge in [-0.3, -0.25) is 24.2 Å². The molecule has 12 N–H and O–H groups in total. The lowest BCUT2D eigenvalue weighted by atomic mass is 10.1. The summed E-state index contributed by atoms with van der Waals surface area (Å²) in [4.78, 5) is 62.0. The van der Waals surface area contributed by atoms with Crippen LogP contribution < -0.4 is 33.2 Å². The van der Waals surface area contributed by atoms with Gasteiger partial charge >= 0.3 is 11.9 Å². The molecule has 31 heavy (non-hydrogen) atoms. The van der Waals surface area contributed by atoms with Crippen LogP contribution >= 0.6 is 0 Å². The lowest BCUT2D eigenvalue weighted by Crippen LogP contribution is -2.55. The van der Waals surface area contributed by atoms with Crippen LogP contribution in [0.25, 0.3) is 0 Å². The predicted molar refractivity (Wildman–Crippen MR) is 106 cm³/mol. The third-order valence-corrected chi connectivity index (χ3v) is 3.84. The monoisotopic (exact) mass is 447 g/mol. The number of carboxylic acid groups (broad SMARTS) is 2. The summed E-state index contributed by atoms with van der Waals surface area (Å²) in [6, 6.07) is -4.27. The Balaban J connectivity index is 4.95. The number of carbonyl (C=O) groups is 5. The van der Waals surface area contributed by atoms with Crippen LogP contribution in [-0.4, -0.2) is 88.3 Å². The van der Waals surface area contributed by atoms with E-state index in [1.54, 1.807) is 0 Å². The Morgan fingerprint density at radius 3 is 2.10 bits per heavy atom. The molecule has 0 aromatic rings. The van der Waals surface area contributed by atoms with Crippen LogP contribution in [0.5, 0.6) is 0 Å². The van der Waals surface area contributed by atoms with Crippen molar-refractivity contribution < 1.29 is 39.3 Å². The van der Waals surface area contributed by atoms with Gasteiger partial charge in [0.1, 0.15) is 18.1 Å². The fraction of sp³-hybridized carbons (Fsp3) is 0.625. The van der Waals surface area contributed by atoms with Crippen molar-refractivity contribution in [3.8, 4) is 0 Å². The van der Waals surface area contributed by atoms with Crippen molar-refractivity contribution in [2.24, 2.45) is 22.2 Å². The summed E-state index contributed by atoms with van der Waals surface area (Å²) in [6.45, 7) is 0.739. The normalized spacial score (nSPS) is 14.3. The summed E-state index contributed by atoms with van der Waals surface area (Å²) in [7, 11) is 0. The molecule has 3 amide bonds. The summed E-state index contributed by atoms with van der Waals surface area (Å²) in [6.07, 6.45) is -1.85. The maximum atomic E-state index is 12.3. The van der Waals surface area contributed by atoms with Crippen molar-refractivity contribution in [2.75, 3.05) is 13.1 Å². The molecule has 4 atom stereocenters. The highest BCUT2D eigenvalue weighted by Gasteiger charge is 2.28. The SMILES string of the molecule is CC(O)C(N)C(=O)NCC(=O)NC(CC(=O)O)C(=O)NC(CCCN=C(N)N)C(=O)O. The van der Waals surface area contributed by atoms with E-state index in [1.807, 2.05) is 0 Å². The second kappa shape index (κ2) is 13.7. The van der Waals surface area contributed by atoms with Crippen LogP contribution in [0, 0.1) is 0 Å². The summed E-state index contributed by atoms with van der Waals surface area (Å²) < 4.78 is 0. The van der Waals surface area contributed by atoms with Gasteiger partial charge in [0.2, 0.25) is 17.7 Å². The number of rotatable bonds is 14. The quantitative estimate of drug-likeness (QED) is 0.0693. The number of aliphatic hydroxyl groups is 1. The van der Waals surface area contributed by atoms with E-state index in [1.165, 1.54) is 6.92 Å². The molecule has 15 nitrogen and oxygen atoms in total. The summed E-state index contributed by atoms with van der Waals surface area (Å²) in [5.74, 6) is -5.79. The molecule has 0 fully saturated rings. The Hall–Kier alpha value is -3.46. The fourth-order valence-corrected chi connectivity index (χ4v) is 2.17. The van der Waals surface area contributed by atoms with Gasteiger partial charge in [0.15, 0.2) is 5.96 Å². The highest BCUT2D eigenvalue weighted by molar-refractivity contribution is 5.94. The second-order valence-corrected chi connectivity index (χ2v) is 6.55. The number of hydrogen-bond donors (Lipinski definition) is 9. The van der Waals surface area contributed by atoms with Crippen molar-refractivity contribution in [2.45, 2.75) is 50.4 Å². The van der Waals surface area contributed by atoms with Crippen molar-refractivity contribution in [1.82, 2.24) is 16.0 Å². The summed E-state index contributed by atoms with van der Waals surface area (Å²) in [5.41, 5.74) is 15.7. The lowest BCUT2D eigenvalue weighted by Gasteiger charge is -2.21. The van der Waals surface area contributed by atoms with Crippen LogP contribution in [0.4, 0.5) is 0 Å². The molecule has 0 radical (unpaired) electrons. The lowest BCUT2D eigenvalue weighted by molar-refractivity contribution is -0.143. The minimum atomic E-state index is -1.60. The standard InChI is InChI=1S/C16H29N7O8/c1-7(24)12(17)14(29)21-6-10(25)22-9(5-11(26)27)13(28)23-8(15(30)31)3-2-4-20-16(18)19/h7-9,12,24H,2-6,17H2,1H3,(H,21,29)(H,22,25)(H,23,28)(H,26,27)(H,30,31)(H4,18,19,20). The van der Waals surface area contributed by atoms with Crippen molar-refractivity contribution >= 4 is 35.6 Å². The number of nitrogens with one attached hydrogen (secondary N) is 3. The van der Waals surface area contributed by atoms with Crippen LogP contribution in [0.1, 0.15) is 26.2 Å². The summed E-state index contributed by atoms with van der Waals surface area (Å²) >= 11 is 0. The molecule has 0 aromatic carbocycles. The van der Waals surface area contributed by atoms with Gasteiger partial charge in [-0.1, -0.05) is 0 Å². The number of aliphatic hydroxyl groups excluding tert-OH is 1. The van der Waals surface area contributed by atoms with Crippen molar-refractivity contribution in [3.05, 3.63) is 0 Å².